The van der Waals surface area contributed by atoms with Crippen LogP contribution >= 0.6 is 15.9 Å². The molecule has 1 amide bonds. The number of carbonyl (C=O) groups is 1. The van der Waals surface area contributed by atoms with Gasteiger partial charge in [0.15, 0.2) is 6.61 Å². The second-order valence-electron chi connectivity index (χ2n) is 7.69. The zero-order valence-electron chi connectivity index (χ0n) is 17.2. The van der Waals surface area contributed by atoms with Gasteiger partial charge in [0.1, 0.15) is 5.75 Å². The summed E-state index contributed by atoms with van der Waals surface area (Å²) in [7, 11) is -3.49. The van der Waals surface area contributed by atoms with Crippen molar-refractivity contribution in [3.63, 3.8) is 0 Å². The van der Waals surface area contributed by atoms with E-state index in [1.165, 1.54) is 12.1 Å². The minimum atomic E-state index is -3.49. The van der Waals surface area contributed by atoms with Crippen molar-refractivity contribution in [2.24, 2.45) is 5.92 Å². The van der Waals surface area contributed by atoms with Crippen molar-refractivity contribution in [2.45, 2.75) is 37.6 Å². The molecule has 2 aromatic carbocycles. The Morgan fingerprint density at radius 3 is 2.33 bits per heavy atom. The second kappa shape index (κ2) is 9.94. The molecule has 3 rings (SSSR count). The number of ether oxygens (including phenoxy) is 1. The Morgan fingerprint density at radius 1 is 1.13 bits per heavy atom. The van der Waals surface area contributed by atoms with Gasteiger partial charge < -0.3 is 10.1 Å². The van der Waals surface area contributed by atoms with Crippen LogP contribution in [0.4, 0.5) is 0 Å². The van der Waals surface area contributed by atoms with Gasteiger partial charge in [-0.3, -0.25) is 4.79 Å². The average Bonchev–Trinajstić information content (AvgIpc) is 2.73. The predicted molar refractivity (Wildman–Crippen MR) is 120 cm³/mol. The van der Waals surface area contributed by atoms with Gasteiger partial charge in [-0.25, -0.2) is 8.42 Å². The van der Waals surface area contributed by atoms with Crippen molar-refractivity contribution >= 4 is 31.9 Å². The molecule has 8 heteroatoms. The molecule has 1 aliphatic heterocycles. The standard InChI is InChI=1S/C22H27BrN2O4S/c1-16-11-13-25(14-12-16)30(27,28)21-9-7-20(8-10-21)29-15-22(26)24-17(2)18-3-5-19(23)6-4-18/h3-10,16-17H,11-15H2,1-2H3,(H,24,26). The first kappa shape index (κ1) is 22.8. The number of hydrogen-bond acceptors (Lipinski definition) is 4. The van der Waals surface area contributed by atoms with E-state index in [0.29, 0.717) is 24.8 Å². The smallest absolute Gasteiger partial charge is 0.258 e. The zero-order chi connectivity index (χ0) is 21.7. The lowest BCUT2D eigenvalue weighted by atomic mass is 10.0. The van der Waals surface area contributed by atoms with Crippen LogP contribution in [0.25, 0.3) is 0 Å². The van der Waals surface area contributed by atoms with Crippen molar-refractivity contribution in [3.8, 4) is 5.75 Å². The van der Waals surface area contributed by atoms with E-state index < -0.39 is 10.0 Å². The van der Waals surface area contributed by atoms with Gasteiger partial charge in [-0.2, -0.15) is 4.31 Å². The Labute approximate surface area is 186 Å². The van der Waals surface area contributed by atoms with Crippen molar-refractivity contribution in [1.29, 1.82) is 0 Å². The maximum Gasteiger partial charge on any atom is 0.258 e. The lowest BCUT2D eigenvalue weighted by molar-refractivity contribution is -0.123. The van der Waals surface area contributed by atoms with Crippen LogP contribution in [0.15, 0.2) is 57.9 Å². The third kappa shape index (κ3) is 5.83. The third-order valence-corrected chi connectivity index (χ3v) is 7.76. The van der Waals surface area contributed by atoms with Gasteiger partial charge in [-0.05, 0) is 67.6 Å². The molecule has 1 N–H and O–H groups in total. The molecular weight excluding hydrogens is 468 g/mol. The van der Waals surface area contributed by atoms with Crippen LogP contribution in [0.3, 0.4) is 0 Å². The van der Waals surface area contributed by atoms with Crippen LogP contribution in [0, 0.1) is 5.92 Å². The molecular formula is C22H27BrN2O4S. The van der Waals surface area contributed by atoms with E-state index in [1.54, 1.807) is 16.4 Å². The van der Waals surface area contributed by atoms with Crippen LogP contribution in [0.1, 0.15) is 38.3 Å². The lowest BCUT2D eigenvalue weighted by Crippen LogP contribution is -2.37. The first-order valence-corrected chi connectivity index (χ1v) is 12.3. The number of nitrogens with zero attached hydrogens (tertiary/aromatic N) is 1. The summed E-state index contributed by atoms with van der Waals surface area (Å²) >= 11 is 3.39. The minimum absolute atomic E-state index is 0.142. The second-order valence-corrected chi connectivity index (χ2v) is 10.5. The van der Waals surface area contributed by atoms with Crippen molar-refractivity contribution in [1.82, 2.24) is 9.62 Å². The van der Waals surface area contributed by atoms with E-state index in [1.807, 2.05) is 31.2 Å². The Hall–Kier alpha value is -1.90. The summed E-state index contributed by atoms with van der Waals surface area (Å²) in [5.41, 5.74) is 0.994. The highest BCUT2D eigenvalue weighted by molar-refractivity contribution is 9.10. The summed E-state index contributed by atoms with van der Waals surface area (Å²) in [6.45, 7) is 5.02. The van der Waals surface area contributed by atoms with Crippen LogP contribution in [-0.4, -0.2) is 38.3 Å². The van der Waals surface area contributed by atoms with E-state index in [2.05, 4.69) is 28.2 Å². The Morgan fingerprint density at radius 2 is 1.73 bits per heavy atom. The van der Waals surface area contributed by atoms with E-state index in [4.69, 9.17) is 4.74 Å². The number of benzene rings is 2. The fourth-order valence-corrected chi connectivity index (χ4v) is 5.08. The molecule has 1 heterocycles. The van der Waals surface area contributed by atoms with Gasteiger partial charge in [0, 0.05) is 17.6 Å². The van der Waals surface area contributed by atoms with Gasteiger partial charge in [-0.1, -0.05) is 35.0 Å². The lowest BCUT2D eigenvalue weighted by Gasteiger charge is -2.29. The number of rotatable bonds is 7. The number of amides is 1. The summed E-state index contributed by atoms with van der Waals surface area (Å²) in [6, 6.07) is 13.8. The normalized spacial score (nSPS) is 16.8. The quantitative estimate of drug-likeness (QED) is 0.627. The molecule has 0 saturated carbocycles. The molecule has 1 atom stereocenters. The molecule has 1 aliphatic rings. The van der Waals surface area contributed by atoms with Gasteiger partial charge in [0.2, 0.25) is 10.0 Å². The molecule has 1 unspecified atom stereocenters. The molecule has 162 valence electrons. The maximum atomic E-state index is 12.8. The summed E-state index contributed by atoms with van der Waals surface area (Å²) in [5, 5.41) is 2.89. The molecule has 0 spiro atoms. The summed E-state index contributed by atoms with van der Waals surface area (Å²) in [4.78, 5) is 12.4. The van der Waals surface area contributed by atoms with Crippen LogP contribution in [0.2, 0.25) is 0 Å². The first-order valence-electron chi connectivity index (χ1n) is 10.0. The Bertz CT molecular complexity index is 954. The van der Waals surface area contributed by atoms with Crippen molar-refractivity contribution in [3.05, 3.63) is 58.6 Å². The largest absolute Gasteiger partial charge is 0.484 e. The molecule has 30 heavy (non-hydrogen) atoms. The SMILES string of the molecule is CC1CCN(S(=O)(=O)c2ccc(OCC(=O)NC(C)c3ccc(Br)cc3)cc2)CC1. The number of nitrogens with one attached hydrogen (secondary N) is 1. The van der Waals surface area contributed by atoms with E-state index in [9.17, 15) is 13.2 Å². The molecule has 0 bridgehead atoms. The van der Waals surface area contributed by atoms with E-state index in [-0.39, 0.29) is 23.5 Å². The van der Waals surface area contributed by atoms with Crippen LogP contribution in [-0.2, 0) is 14.8 Å². The summed E-state index contributed by atoms with van der Waals surface area (Å²) in [5.74, 6) is 0.766. The first-order chi connectivity index (χ1) is 14.3. The fraction of sp³-hybridized carbons (Fsp3) is 0.409. The summed E-state index contributed by atoms with van der Waals surface area (Å²) < 4.78 is 33.6. The number of carbonyl (C=O) groups excluding carboxylic acids is 1. The highest BCUT2D eigenvalue weighted by Crippen LogP contribution is 2.25. The molecule has 0 aromatic heterocycles. The highest BCUT2D eigenvalue weighted by Gasteiger charge is 2.27. The minimum Gasteiger partial charge on any atom is -0.484 e. The van der Waals surface area contributed by atoms with Gasteiger partial charge in [-0.15, -0.1) is 0 Å². The molecule has 1 saturated heterocycles. The van der Waals surface area contributed by atoms with Crippen LogP contribution < -0.4 is 10.1 Å². The van der Waals surface area contributed by atoms with E-state index in [0.717, 1.165) is 22.9 Å². The van der Waals surface area contributed by atoms with Gasteiger partial charge >= 0.3 is 0 Å². The number of halogens is 1. The number of piperidine rings is 1. The van der Waals surface area contributed by atoms with Crippen molar-refractivity contribution in [2.75, 3.05) is 19.7 Å². The third-order valence-electron chi connectivity index (χ3n) is 5.32. The molecule has 0 radical (unpaired) electrons. The maximum absolute atomic E-state index is 12.8. The number of sulfonamides is 1. The predicted octanol–water partition coefficient (Wildman–Crippen LogP) is 4.13. The summed E-state index contributed by atoms with van der Waals surface area (Å²) in [6.07, 6.45) is 1.77. The monoisotopic (exact) mass is 494 g/mol. The molecule has 2 aromatic rings. The van der Waals surface area contributed by atoms with Crippen molar-refractivity contribution < 1.29 is 17.9 Å². The average molecular weight is 495 g/mol. The topological polar surface area (TPSA) is 75.7 Å². The van der Waals surface area contributed by atoms with E-state index >= 15 is 0 Å². The molecule has 1 fully saturated rings. The zero-order valence-corrected chi connectivity index (χ0v) is 19.6. The number of hydrogen-bond donors (Lipinski definition) is 1. The molecule has 6 nitrogen and oxygen atoms in total. The fourth-order valence-electron chi connectivity index (χ4n) is 3.35. The van der Waals surface area contributed by atoms with Gasteiger partial charge in [0.05, 0.1) is 10.9 Å². The Kier molecular flexibility index (Phi) is 7.55. The molecule has 0 aliphatic carbocycles. The highest BCUT2D eigenvalue weighted by atomic mass is 79.9. The Balaban J connectivity index is 1.53. The van der Waals surface area contributed by atoms with Gasteiger partial charge in [0.25, 0.3) is 5.91 Å². The van der Waals surface area contributed by atoms with Crippen LogP contribution in [0.5, 0.6) is 5.75 Å².